The third kappa shape index (κ3) is 5.79. The molecule has 0 saturated carbocycles. The zero-order valence-electron chi connectivity index (χ0n) is 17.9. The molecular weight excluding hydrogens is 653 g/mol. The Morgan fingerprint density at radius 3 is 2.56 bits per heavy atom. The van der Waals surface area contributed by atoms with Crippen molar-refractivity contribution < 1.29 is 19.1 Å². The molecule has 0 N–H and O–H groups in total. The van der Waals surface area contributed by atoms with E-state index in [1.54, 1.807) is 36.4 Å². The molecule has 3 aromatic carbocycles. The summed E-state index contributed by atoms with van der Waals surface area (Å²) < 4.78 is 13.7. The topological polar surface area (TPSA) is 55.8 Å². The van der Waals surface area contributed by atoms with Crippen LogP contribution in [0.3, 0.4) is 0 Å². The molecule has 0 radical (unpaired) electrons. The fourth-order valence-electron chi connectivity index (χ4n) is 3.27. The van der Waals surface area contributed by atoms with Gasteiger partial charge < -0.3 is 9.47 Å². The van der Waals surface area contributed by atoms with Crippen molar-refractivity contribution in [3.8, 4) is 11.5 Å². The molecule has 1 fully saturated rings. The van der Waals surface area contributed by atoms with Gasteiger partial charge in [0, 0.05) is 8.59 Å². The summed E-state index contributed by atoms with van der Waals surface area (Å²) in [7, 11) is 0. The number of ether oxygens (including phenoxy) is 2. The van der Waals surface area contributed by atoms with Gasteiger partial charge >= 0.3 is 0 Å². The summed E-state index contributed by atoms with van der Waals surface area (Å²) in [5.41, 5.74) is 2.18. The first kappa shape index (κ1) is 25.1. The number of halogens is 3. The first-order valence-corrected chi connectivity index (χ1v) is 13.3. The first-order valence-electron chi connectivity index (χ1n) is 10.2. The number of hydrogen-bond acceptors (Lipinski definition) is 5. The highest BCUT2D eigenvalue weighted by Gasteiger charge is 2.36. The molecule has 34 heavy (non-hydrogen) atoms. The maximum atomic E-state index is 13.0. The maximum Gasteiger partial charge on any atom is 0.298 e. The molecule has 0 aromatic heterocycles. The minimum atomic E-state index is -0.398. The highest BCUT2D eigenvalue weighted by Crippen LogP contribution is 2.40. The molecule has 0 aliphatic carbocycles. The van der Waals surface area contributed by atoms with Crippen LogP contribution in [0.1, 0.15) is 18.1 Å². The van der Waals surface area contributed by atoms with Gasteiger partial charge in [0.15, 0.2) is 11.5 Å². The molecule has 2 amide bonds. The van der Waals surface area contributed by atoms with E-state index in [9.17, 15) is 9.59 Å². The van der Waals surface area contributed by atoms with E-state index in [1.807, 2.05) is 37.3 Å². The van der Waals surface area contributed by atoms with Crippen molar-refractivity contribution in [1.29, 1.82) is 0 Å². The van der Waals surface area contributed by atoms with Crippen LogP contribution in [-0.4, -0.2) is 17.8 Å². The summed E-state index contributed by atoms with van der Waals surface area (Å²) in [5, 5.41) is 0.0757. The number of imide groups is 1. The Balaban J connectivity index is 1.60. The van der Waals surface area contributed by atoms with E-state index in [-0.39, 0.29) is 5.24 Å². The molecule has 1 aliphatic rings. The van der Waals surface area contributed by atoms with Gasteiger partial charge in [-0.15, -0.1) is 0 Å². The van der Waals surface area contributed by atoms with Crippen LogP contribution in [-0.2, 0) is 11.4 Å². The number of carbonyl (C=O) groups is 2. The Labute approximate surface area is 228 Å². The van der Waals surface area contributed by atoms with E-state index in [0.717, 1.165) is 25.8 Å². The molecule has 3 aromatic rings. The van der Waals surface area contributed by atoms with E-state index in [4.69, 9.17) is 21.1 Å². The fraction of sp³-hybridized carbons (Fsp3) is 0.120. The van der Waals surface area contributed by atoms with Crippen LogP contribution in [0, 0.1) is 3.57 Å². The van der Waals surface area contributed by atoms with E-state index in [0.29, 0.717) is 50.4 Å². The van der Waals surface area contributed by atoms with Crippen molar-refractivity contribution in [1.82, 2.24) is 0 Å². The Morgan fingerprint density at radius 2 is 1.85 bits per heavy atom. The van der Waals surface area contributed by atoms with Gasteiger partial charge in [-0.2, -0.15) is 0 Å². The summed E-state index contributed by atoms with van der Waals surface area (Å²) in [4.78, 5) is 27.0. The van der Waals surface area contributed by atoms with Gasteiger partial charge in [0.1, 0.15) is 6.61 Å². The lowest BCUT2D eigenvalue weighted by atomic mass is 10.1. The molecule has 1 saturated heterocycles. The standard InChI is InChI=1S/C25H18BrClINO4S/c1-2-32-21-11-16(10-20(26)23(21)33-14-15-6-8-18(28)9-7-15)12-22-24(30)29(25(31)34-22)19-5-3-4-17(27)13-19/h3-13H,2,14H2,1H3/b22-12+. The predicted octanol–water partition coefficient (Wildman–Crippen LogP) is 7.93. The molecule has 1 aliphatic heterocycles. The molecule has 0 spiro atoms. The van der Waals surface area contributed by atoms with Gasteiger partial charge in [-0.25, -0.2) is 4.90 Å². The molecule has 1 heterocycles. The van der Waals surface area contributed by atoms with Crippen molar-refractivity contribution in [3.63, 3.8) is 0 Å². The summed E-state index contributed by atoms with van der Waals surface area (Å²) >= 11 is 12.7. The van der Waals surface area contributed by atoms with Crippen LogP contribution in [0.5, 0.6) is 11.5 Å². The van der Waals surface area contributed by atoms with Crippen molar-refractivity contribution in [3.05, 3.63) is 89.8 Å². The third-order valence-electron chi connectivity index (χ3n) is 4.79. The van der Waals surface area contributed by atoms with Crippen LogP contribution >= 0.6 is 61.9 Å². The summed E-state index contributed by atoms with van der Waals surface area (Å²) in [6.45, 7) is 2.72. The summed E-state index contributed by atoms with van der Waals surface area (Å²) in [6.07, 6.45) is 1.67. The second kappa shape index (κ2) is 11.2. The Bertz CT molecular complexity index is 1280. The second-order valence-electron chi connectivity index (χ2n) is 7.18. The monoisotopic (exact) mass is 669 g/mol. The predicted molar refractivity (Wildman–Crippen MR) is 149 cm³/mol. The molecule has 9 heteroatoms. The molecule has 0 atom stereocenters. The van der Waals surface area contributed by atoms with E-state index in [2.05, 4.69) is 38.5 Å². The zero-order valence-corrected chi connectivity index (χ0v) is 23.2. The van der Waals surface area contributed by atoms with Crippen LogP contribution in [0.2, 0.25) is 5.02 Å². The molecule has 5 nitrogen and oxygen atoms in total. The number of nitrogens with zero attached hydrogens (tertiary/aromatic N) is 1. The average molecular weight is 671 g/mol. The summed E-state index contributed by atoms with van der Waals surface area (Å²) in [5.74, 6) is 0.720. The highest BCUT2D eigenvalue weighted by atomic mass is 127. The number of carbonyl (C=O) groups excluding carboxylic acids is 2. The fourth-order valence-corrected chi connectivity index (χ4v) is 5.23. The Kier molecular flexibility index (Phi) is 8.23. The number of rotatable bonds is 7. The number of benzene rings is 3. The van der Waals surface area contributed by atoms with E-state index >= 15 is 0 Å². The smallest absolute Gasteiger partial charge is 0.298 e. The molecule has 4 rings (SSSR count). The first-order chi connectivity index (χ1) is 16.4. The van der Waals surface area contributed by atoms with Gasteiger partial charge in [0.25, 0.3) is 11.1 Å². The van der Waals surface area contributed by atoms with Gasteiger partial charge in [0.05, 0.1) is 21.7 Å². The maximum absolute atomic E-state index is 13.0. The van der Waals surface area contributed by atoms with Crippen LogP contribution in [0.15, 0.2) is 70.0 Å². The number of amides is 2. The molecular formula is C25H18BrClINO4S. The molecule has 0 bridgehead atoms. The average Bonchev–Trinajstić information content (AvgIpc) is 3.07. The van der Waals surface area contributed by atoms with Crippen LogP contribution in [0.4, 0.5) is 10.5 Å². The lowest BCUT2D eigenvalue weighted by molar-refractivity contribution is -0.113. The number of thioether (sulfide) groups is 1. The van der Waals surface area contributed by atoms with Crippen molar-refractivity contribution >= 4 is 84.8 Å². The quantitative estimate of drug-likeness (QED) is 0.189. The van der Waals surface area contributed by atoms with Crippen molar-refractivity contribution in [2.24, 2.45) is 0 Å². The van der Waals surface area contributed by atoms with Gasteiger partial charge in [-0.1, -0.05) is 29.8 Å². The van der Waals surface area contributed by atoms with E-state index in [1.165, 1.54) is 0 Å². The Hall–Kier alpha value is -2.01. The number of hydrogen-bond donors (Lipinski definition) is 0. The lowest BCUT2D eigenvalue weighted by Crippen LogP contribution is -2.27. The van der Waals surface area contributed by atoms with Gasteiger partial charge in [-0.3, -0.25) is 9.59 Å². The second-order valence-corrected chi connectivity index (χ2v) is 10.7. The molecule has 0 unspecified atom stereocenters. The van der Waals surface area contributed by atoms with Crippen molar-refractivity contribution in [2.75, 3.05) is 11.5 Å². The SMILES string of the molecule is CCOc1cc(/C=C2/SC(=O)N(c3cccc(Cl)c3)C2=O)cc(Br)c1OCc1ccc(I)cc1. The summed E-state index contributed by atoms with van der Waals surface area (Å²) in [6, 6.07) is 18.4. The van der Waals surface area contributed by atoms with E-state index < -0.39 is 5.91 Å². The zero-order chi connectivity index (χ0) is 24.2. The largest absolute Gasteiger partial charge is 0.490 e. The van der Waals surface area contributed by atoms with Crippen LogP contribution in [0.25, 0.3) is 6.08 Å². The lowest BCUT2D eigenvalue weighted by Gasteiger charge is -2.15. The minimum Gasteiger partial charge on any atom is -0.490 e. The highest BCUT2D eigenvalue weighted by molar-refractivity contribution is 14.1. The third-order valence-corrected chi connectivity index (χ3v) is 7.20. The normalized spacial score (nSPS) is 14.7. The molecule has 174 valence electrons. The number of anilines is 1. The minimum absolute atomic E-state index is 0.312. The van der Waals surface area contributed by atoms with Crippen LogP contribution < -0.4 is 14.4 Å². The Morgan fingerprint density at radius 1 is 1.09 bits per heavy atom. The van der Waals surface area contributed by atoms with Gasteiger partial charge in [0.2, 0.25) is 0 Å². The van der Waals surface area contributed by atoms with Crippen molar-refractivity contribution in [2.45, 2.75) is 13.5 Å². The van der Waals surface area contributed by atoms with Gasteiger partial charge in [-0.05, 0) is 117 Å².